The molecule has 1 aliphatic heterocycles. The number of rotatable bonds is 7. The number of guanidine groups is 1. The van der Waals surface area contributed by atoms with Crippen LogP contribution in [0.4, 0.5) is 5.82 Å². The van der Waals surface area contributed by atoms with Crippen molar-refractivity contribution in [3.63, 3.8) is 0 Å². The van der Waals surface area contributed by atoms with Gasteiger partial charge in [-0.25, -0.2) is 9.98 Å². The van der Waals surface area contributed by atoms with E-state index in [1.54, 1.807) is 0 Å². The lowest BCUT2D eigenvalue weighted by atomic mass is 10.1. The summed E-state index contributed by atoms with van der Waals surface area (Å²) in [7, 11) is 0. The van der Waals surface area contributed by atoms with E-state index in [1.165, 1.54) is 34.9 Å². The summed E-state index contributed by atoms with van der Waals surface area (Å²) in [6.07, 6.45) is 7.55. The van der Waals surface area contributed by atoms with Gasteiger partial charge in [0.15, 0.2) is 5.96 Å². The Morgan fingerprint density at radius 2 is 2.00 bits per heavy atom. The monoisotopic (exact) mass is 532 g/mol. The number of hydrogen-bond donors (Lipinski definition) is 3. The molecule has 6 nitrogen and oxygen atoms in total. The number of nitrogens with one attached hydrogen (secondary N) is 3. The number of nitrogens with zero attached hydrogens (tertiary/aromatic N) is 3. The van der Waals surface area contributed by atoms with Crippen molar-refractivity contribution >= 4 is 46.7 Å². The molecule has 0 aliphatic carbocycles. The van der Waals surface area contributed by atoms with Gasteiger partial charge in [-0.1, -0.05) is 18.2 Å². The Balaban J connectivity index is 0.00000272. The van der Waals surface area contributed by atoms with Gasteiger partial charge in [0.1, 0.15) is 5.82 Å². The van der Waals surface area contributed by atoms with E-state index in [9.17, 15) is 0 Å². The lowest BCUT2D eigenvalue weighted by Crippen LogP contribution is -2.38. The number of aromatic amines is 1. The van der Waals surface area contributed by atoms with E-state index in [-0.39, 0.29) is 24.0 Å². The molecule has 0 unspecified atom stereocenters. The van der Waals surface area contributed by atoms with Crippen molar-refractivity contribution in [2.45, 2.75) is 39.7 Å². The van der Waals surface area contributed by atoms with Gasteiger partial charge in [-0.2, -0.15) is 0 Å². The quantitative estimate of drug-likeness (QED) is 0.240. The summed E-state index contributed by atoms with van der Waals surface area (Å²) in [4.78, 5) is 15.1. The van der Waals surface area contributed by atoms with Crippen molar-refractivity contribution in [1.29, 1.82) is 0 Å². The summed E-state index contributed by atoms with van der Waals surface area (Å²) < 4.78 is 0. The normalized spacial score (nSPS) is 14.0. The second kappa shape index (κ2) is 11.4. The summed E-state index contributed by atoms with van der Waals surface area (Å²) in [6, 6.07) is 10.8. The van der Waals surface area contributed by atoms with Crippen LogP contribution in [0.5, 0.6) is 0 Å². The molecule has 166 valence electrons. The highest BCUT2D eigenvalue weighted by atomic mass is 127. The summed E-state index contributed by atoms with van der Waals surface area (Å²) in [5.74, 6) is 1.93. The number of aryl methyl sites for hydroxylation is 1. The number of aromatic nitrogens is 2. The Bertz CT molecular complexity index is 989. The van der Waals surface area contributed by atoms with Gasteiger partial charge in [-0.15, -0.1) is 24.0 Å². The van der Waals surface area contributed by atoms with Crippen molar-refractivity contribution in [2.24, 2.45) is 4.99 Å². The second-order valence-electron chi connectivity index (χ2n) is 7.95. The van der Waals surface area contributed by atoms with Crippen LogP contribution in [0.3, 0.4) is 0 Å². The van der Waals surface area contributed by atoms with Crippen molar-refractivity contribution in [2.75, 3.05) is 31.1 Å². The molecule has 0 spiro atoms. The van der Waals surface area contributed by atoms with Gasteiger partial charge in [0, 0.05) is 49.5 Å². The average molecular weight is 532 g/mol. The van der Waals surface area contributed by atoms with Crippen LogP contribution in [0.2, 0.25) is 0 Å². The van der Waals surface area contributed by atoms with Gasteiger partial charge in [0.05, 0.1) is 6.54 Å². The summed E-state index contributed by atoms with van der Waals surface area (Å²) in [5, 5.41) is 8.09. The number of aliphatic imine (C=N–C) groups is 1. The first kappa shape index (κ1) is 23.4. The average Bonchev–Trinajstić information content (AvgIpc) is 3.43. The van der Waals surface area contributed by atoms with Crippen LogP contribution in [0.1, 0.15) is 36.5 Å². The van der Waals surface area contributed by atoms with Gasteiger partial charge in [0.2, 0.25) is 0 Å². The molecule has 7 heteroatoms. The number of H-pyrrole nitrogens is 1. The highest BCUT2D eigenvalue weighted by Crippen LogP contribution is 2.20. The van der Waals surface area contributed by atoms with Gasteiger partial charge < -0.3 is 20.5 Å². The second-order valence-corrected chi connectivity index (χ2v) is 7.95. The lowest BCUT2D eigenvalue weighted by Gasteiger charge is -2.16. The Labute approximate surface area is 202 Å². The molecule has 0 radical (unpaired) electrons. The van der Waals surface area contributed by atoms with E-state index >= 15 is 0 Å². The van der Waals surface area contributed by atoms with E-state index in [4.69, 9.17) is 4.99 Å². The number of fused-ring (bicyclic) bond motifs is 1. The number of halogens is 1. The highest BCUT2D eigenvalue weighted by molar-refractivity contribution is 14.0. The Kier molecular flexibility index (Phi) is 8.57. The molecular formula is C24H33IN6. The van der Waals surface area contributed by atoms with E-state index in [2.05, 4.69) is 75.9 Å². The van der Waals surface area contributed by atoms with Crippen molar-refractivity contribution in [3.05, 3.63) is 59.4 Å². The third kappa shape index (κ3) is 6.12. The largest absolute Gasteiger partial charge is 0.361 e. The zero-order chi connectivity index (χ0) is 20.8. The van der Waals surface area contributed by atoms with Gasteiger partial charge in [-0.05, 0) is 61.9 Å². The molecule has 0 atom stereocenters. The minimum Gasteiger partial charge on any atom is -0.361 e. The zero-order valence-corrected chi connectivity index (χ0v) is 20.8. The van der Waals surface area contributed by atoms with Gasteiger partial charge >= 0.3 is 0 Å². The zero-order valence-electron chi connectivity index (χ0n) is 18.4. The van der Waals surface area contributed by atoms with E-state index in [0.717, 1.165) is 49.9 Å². The van der Waals surface area contributed by atoms with E-state index < -0.39 is 0 Å². The van der Waals surface area contributed by atoms with Crippen LogP contribution in [-0.2, 0) is 13.0 Å². The molecule has 1 saturated heterocycles. The lowest BCUT2D eigenvalue weighted by molar-refractivity contribution is 0.801. The molecule has 1 aromatic carbocycles. The fourth-order valence-corrected chi connectivity index (χ4v) is 3.98. The smallest absolute Gasteiger partial charge is 0.191 e. The molecule has 0 bridgehead atoms. The molecule has 1 aliphatic rings. The molecule has 3 heterocycles. The first-order chi connectivity index (χ1) is 14.7. The van der Waals surface area contributed by atoms with Crippen molar-refractivity contribution in [3.8, 4) is 0 Å². The van der Waals surface area contributed by atoms with Crippen LogP contribution in [0.25, 0.3) is 10.9 Å². The molecule has 2 aromatic heterocycles. The standard InChI is InChI=1S/C24H32N6.HI/c1-3-25-24(26-11-10-20-17-27-22-14-18(2)6-8-21(20)22)29-16-19-7-9-23(28-15-19)30-12-4-5-13-30;/h6-9,14-15,17,27H,3-5,10-13,16H2,1-2H3,(H2,25,26,29);1H. The molecule has 1 fully saturated rings. The molecule has 3 aromatic rings. The van der Waals surface area contributed by atoms with Crippen molar-refractivity contribution < 1.29 is 0 Å². The Morgan fingerprint density at radius 1 is 1.16 bits per heavy atom. The summed E-state index contributed by atoms with van der Waals surface area (Å²) in [6.45, 7) is 8.74. The topological polar surface area (TPSA) is 68.3 Å². The summed E-state index contributed by atoms with van der Waals surface area (Å²) >= 11 is 0. The third-order valence-corrected chi connectivity index (χ3v) is 5.61. The van der Waals surface area contributed by atoms with Crippen LogP contribution < -0.4 is 15.5 Å². The maximum atomic E-state index is 4.74. The highest BCUT2D eigenvalue weighted by Gasteiger charge is 2.13. The summed E-state index contributed by atoms with van der Waals surface area (Å²) in [5.41, 5.74) is 4.94. The predicted molar refractivity (Wildman–Crippen MR) is 141 cm³/mol. The number of hydrogen-bond acceptors (Lipinski definition) is 3. The molecular weight excluding hydrogens is 499 g/mol. The van der Waals surface area contributed by atoms with Gasteiger partial charge in [0.25, 0.3) is 0 Å². The van der Waals surface area contributed by atoms with Crippen LogP contribution >= 0.6 is 24.0 Å². The number of benzene rings is 1. The third-order valence-electron chi connectivity index (χ3n) is 5.61. The molecule has 31 heavy (non-hydrogen) atoms. The fraction of sp³-hybridized carbons (Fsp3) is 0.417. The van der Waals surface area contributed by atoms with E-state index in [1.807, 2.05) is 6.20 Å². The minimum absolute atomic E-state index is 0. The minimum atomic E-state index is 0. The maximum Gasteiger partial charge on any atom is 0.191 e. The van der Waals surface area contributed by atoms with Crippen LogP contribution in [0.15, 0.2) is 47.7 Å². The fourth-order valence-electron chi connectivity index (χ4n) is 3.98. The molecule has 3 N–H and O–H groups in total. The Morgan fingerprint density at radius 3 is 2.74 bits per heavy atom. The molecule has 0 saturated carbocycles. The van der Waals surface area contributed by atoms with E-state index in [0.29, 0.717) is 6.54 Å². The van der Waals surface area contributed by atoms with Crippen LogP contribution in [-0.4, -0.2) is 42.1 Å². The Hall–Kier alpha value is -2.29. The van der Waals surface area contributed by atoms with Crippen LogP contribution in [0, 0.1) is 6.92 Å². The first-order valence-corrected chi connectivity index (χ1v) is 11.0. The molecule has 0 amide bonds. The van der Waals surface area contributed by atoms with Crippen molar-refractivity contribution in [1.82, 2.24) is 20.6 Å². The molecule has 4 rings (SSSR count). The number of anilines is 1. The SMILES string of the molecule is CCNC(=NCc1ccc(N2CCCC2)nc1)NCCc1c[nH]c2cc(C)ccc12.I. The number of pyridine rings is 1. The first-order valence-electron chi connectivity index (χ1n) is 11.0. The predicted octanol–water partition coefficient (Wildman–Crippen LogP) is 4.39. The van der Waals surface area contributed by atoms with Gasteiger partial charge in [-0.3, -0.25) is 0 Å². The maximum absolute atomic E-state index is 4.74.